The van der Waals surface area contributed by atoms with Gasteiger partial charge in [-0.1, -0.05) is 0 Å². The Balaban J connectivity index is 2.52. The Labute approximate surface area is 70.9 Å². The number of rotatable bonds is 3. The van der Waals surface area contributed by atoms with Crippen LogP contribution in [-0.2, 0) is 14.2 Å². The Bertz CT molecular complexity index is 140. The molecule has 1 unspecified atom stereocenters. The normalized spacial score (nSPS) is 42.0. The van der Waals surface area contributed by atoms with E-state index in [4.69, 9.17) is 19.3 Å². The Morgan fingerprint density at radius 1 is 1.33 bits per heavy atom. The van der Waals surface area contributed by atoms with Crippen molar-refractivity contribution in [1.82, 2.24) is 0 Å². The van der Waals surface area contributed by atoms with Crippen LogP contribution in [0, 0.1) is 0 Å². The molecular weight excluding hydrogens is 164 g/mol. The zero-order chi connectivity index (χ0) is 9.14. The highest BCUT2D eigenvalue weighted by Gasteiger charge is 2.42. The van der Waals surface area contributed by atoms with Crippen LogP contribution in [0.5, 0.6) is 0 Å². The van der Waals surface area contributed by atoms with Gasteiger partial charge in [0.05, 0.1) is 6.61 Å². The molecule has 5 heteroatoms. The van der Waals surface area contributed by atoms with Crippen LogP contribution < -0.4 is 0 Å². The van der Waals surface area contributed by atoms with Gasteiger partial charge >= 0.3 is 0 Å². The van der Waals surface area contributed by atoms with Crippen LogP contribution in [0.2, 0.25) is 0 Å². The number of methoxy groups -OCH3 is 2. The molecule has 0 spiro atoms. The van der Waals surface area contributed by atoms with Gasteiger partial charge in [0.15, 0.2) is 6.29 Å². The summed E-state index contributed by atoms with van der Waals surface area (Å²) in [5.74, 6) is 0. The van der Waals surface area contributed by atoms with Gasteiger partial charge in [-0.05, 0) is 0 Å². The Kier molecular flexibility index (Phi) is 3.42. The van der Waals surface area contributed by atoms with E-state index < -0.39 is 24.6 Å². The van der Waals surface area contributed by atoms with Crippen molar-refractivity contribution in [3.63, 3.8) is 0 Å². The number of hydrogen-bond acceptors (Lipinski definition) is 5. The quantitative estimate of drug-likeness (QED) is 0.563. The van der Waals surface area contributed by atoms with Crippen molar-refractivity contribution in [2.24, 2.45) is 0 Å². The average Bonchev–Trinajstić information content (AvgIpc) is 2.29. The summed E-state index contributed by atoms with van der Waals surface area (Å²) in [6.45, 7) is 0.298. The van der Waals surface area contributed by atoms with E-state index in [2.05, 4.69) is 0 Å². The first-order valence-corrected chi connectivity index (χ1v) is 3.74. The fraction of sp³-hybridized carbons (Fsp3) is 1.00. The van der Waals surface area contributed by atoms with Crippen LogP contribution in [0.25, 0.3) is 0 Å². The van der Waals surface area contributed by atoms with Crippen LogP contribution in [0.3, 0.4) is 0 Å². The van der Waals surface area contributed by atoms with Crippen molar-refractivity contribution >= 4 is 0 Å². The third-order valence-corrected chi connectivity index (χ3v) is 1.91. The molecule has 0 bridgehead atoms. The first-order valence-electron chi connectivity index (χ1n) is 3.74. The van der Waals surface area contributed by atoms with E-state index in [0.29, 0.717) is 6.61 Å². The lowest BCUT2D eigenvalue weighted by Crippen LogP contribution is -2.36. The maximum atomic E-state index is 9.30. The lowest BCUT2D eigenvalue weighted by Gasteiger charge is -2.16. The summed E-state index contributed by atoms with van der Waals surface area (Å²) in [6.07, 6.45) is -3.07. The lowest BCUT2D eigenvalue weighted by atomic mass is 10.1. The zero-order valence-corrected chi connectivity index (χ0v) is 7.14. The van der Waals surface area contributed by atoms with Crippen molar-refractivity contribution in [1.29, 1.82) is 0 Å². The van der Waals surface area contributed by atoms with E-state index >= 15 is 0 Å². The zero-order valence-electron chi connectivity index (χ0n) is 7.14. The highest BCUT2D eigenvalue weighted by Crippen LogP contribution is 2.21. The van der Waals surface area contributed by atoms with E-state index in [1.807, 2.05) is 0 Å². The standard InChI is InChI=1S/C7H14O5/c1-10-3-4-6(11-2)5(8)7(9)12-4/h4-9H,3H2,1-2H3/t4-,5+,6-,7?/m0/s1. The van der Waals surface area contributed by atoms with Crippen LogP contribution >= 0.6 is 0 Å². The van der Waals surface area contributed by atoms with E-state index in [0.717, 1.165) is 0 Å². The van der Waals surface area contributed by atoms with Crippen molar-refractivity contribution in [2.45, 2.75) is 24.6 Å². The minimum atomic E-state index is -1.17. The second kappa shape index (κ2) is 4.15. The van der Waals surface area contributed by atoms with Gasteiger partial charge in [0.25, 0.3) is 0 Å². The maximum absolute atomic E-state index is 9.30. The number of aliphatic hydroxyl groups excluding tert-OH is 2. The second-order valence-electron chi connectivity index (χ2n) is 2.71. The largest absolute Gasteiger partial charge is 0.385 e. The smallest absolute Gasteiger partial charge is 0.184 e. The van der Waals surface area contributed by atoms with Gasteiger partial charge in [0.1, 0.15) is 18.3 Å². The summed E-state index contributed by atoms with van der Waals surface area (Å²) in [5, 5.41) is 18.4. The SMILES string of the molecule is COC[C@@H]1OC(O)[C@H](O)[C@H]1OC. The molecule has 72 valence electrons. The van der Waals surface area contributed by atoms with E-state index in [-0.39, 0.29) is 0 Å². The molecule has 1 rings (SSSR count). The third kappa shape index (κ3) is 1.75. The molecular formula is C7H14O5. The number of aliphatic hydroxyl groups is 2. The summed E-state index contributed by atoms with van der Waals surface area (Å²) in [5.41, 5.74) is 0. The molecule has 5 nitrogen and oxygen atoms in total. The molecule has 0 aromatic heterocycles. The molecule has 1 aliphatic heterocycles. The second-order valence-corrected chi connectivity index (χ2v) is 2.71. The highest BCUT2D eigenvalue weighted by atomic mass is 16.7. The third-order valence-electron chi connectivity index (χ3n) is 1.91. The summed E-state index contributed by atoms with van der Waals surface area (Å²) in [4.78, 5) is 0. The van der Waals surface area contributed by atoms with Gasteiger partial charge < -0.3 is 24.4 Å². The van der Waals surface area contributed by atoms with Gasteiger partial charge in [-0.25, -0.2) is 0 Å². The summed E-state index contributed by atoms with van der Waals surface area (Å²) >= 11 is 0. The van der Waals surface area contributed by atoms with Crippen molar-refractivity contribution in [3.8, 4) is 0 Å². The fourth-order valence-corrected chi connectivity index (χ4v) is 1.31. The van der Waals surface area contributed by atoms with Gasteiger partial charge in [-0.3, -0.25) is 0 Å². The van der Waals surface area contributed by atoms with Crippen LogP contribution in [0.15, 0.2) is 0 Å². The van der Waals surface area contributed by atoms with Crippen LogP contribution in [0.1, 0.15) is 0 Å². The molecule has 0 radical (unpaired) electrons. The topological polar surface area (TPSA) is 68.2 Å². The fourth-order valence-electron chi connectivity index (χ4n) is 1.31. The molecule has 1 heterocycles. The van der Waals surface area contributed by atoms with Crippen molar-refractivity contribution in [3.05, 3.63) is 0 Å². The van der Waals surface area contributed by atoms with Gasteiger partial charge in [-0.2, -0.15) is 0 Å². The molecule has 1 aliphatic rings. The van der Waals surface area contributed by atoms with Gasteiger partial charge in [0, 0.05) is 14.2 Å². The molecule has 4 atom stereocenters. The maximum Gasteiger partial charge on any atom is 0.184 e. The molecule has 1 fully saturated rings. The summed E-state index contributed by atoms with van der Waals surface area (Å²) in [7, 11) is 2.98. The highest BCUT2D eigenvalue weighted by molar-refractivity contribution is 4.86. The van der Waals surface area contributed by atoms with Gasteiger partial charge in [0.2, 0.25) is 0 Å². The molecule has 0 aliphatic carbocycles. The Morgan fingerprint density at radius 2 is 2.00 bits per heavy atom. The molecule has 0 amide bonds. The Hall–Kier alpha value is -0.200. The van der Waals surface area contributed by atoms with Gasteiger partial charge in [-0.15, -0.1) is 0 Å². The molecule has 1 saturated heterocycles. The number of hydrogen-bond donors (Lipinski definition) is 2. The monoisotopic (exact) mass is 178 g/mol. The minimum absolute atomic E-state index is 0.298. The predicted octanol–water partition coefficient (Wildman–Crippen LogP) is -1.27. The molecule has 0 saturated carbocycles. The first kappa shape index (κ1) is 9.88. The molecule has 12 heavy (non-hydrogen) atoms. The minimum Gasteiger partial charge on any atom is -0.385 e. The van der Waals surface area contributed by atoms with Crippen molar-refractivity contribution < 1.29 is 24.4 Å². The van der Waals surface area contributed by atoms with Crippen LogP contribution in [0.4, 0.5) is 0 Å². The molecule has 0 aromatic carbocycles. The summed E-state index contributed by atoms with van der Waals surface area (Å²) < 4.78 is 14.7. The van der Waals surface area contributed by atoms with Crippen molar-refractivity contribution in [2.75, 3.05) is 20.8 Å². The predicted molar refractivity (Wildman–Crippen MR) is 39.6 cm³/mol. The van der Waals surface area contributed by atoms with E-state index in [9.17, 15) is 5.11 Å². The van der Waals surface area contributed by atoms with E-state index in [1.165, 1.54) is 14.2 Å². The number of ether oxygens (including phenoxy) is 3. The first-order chi connectivity index (χ1) is 5.70. The summed E-state index contributed by atoms with van der Waals surface area (Å²) in [6, 6.07) is 0. The average molecular weight is 178 g/mol. The lowest BCUT2D eigenvalue weighted by molar-refractivity contribution is -0.134. The van der Waals surface area contributed by atoms with E-state index in [1.54, 1.807) is 0 Å². The Morgan fingerprint density at radius 3 is 2.50 bits per heavy atom. The van der Waals surface area contributed by atoms with Crippen LogP contribution in [-0.4, -0.2) is 55.6 Å². The molecule has 2 N–H and O–H groups in total. The molecule has 0 aromatic rings.